The normalized spacial score (nSPS) is 10.5. The van der Waals surface area contributed by atoms with Gasteiger partial charge in [0.2, 0.25) is 0 Å². The molecule has 0 saturated heterocycles. The van der Waals surface area contributed by atoms with E-state index >= 15 is 0 Å². The lowest BCUT2D eigenvalue weighted by atomic mass is 9.91. The van der Waals surface area contributed by atoms with Crippen molar-refractivity contribution in [3.63, 3.8) is 0 Å². The van der Waals surface area contributed by atoms with E-state index in [2.05, 4.69) is 0 Å². The number of aromatic carboxylic acids is 1. The summed E-state index contributed by atoms with van der Waals surface area (Å²) >= 11 is 0. The van der Waals surface area contributed by atoms with E-state index in [9.17, 15) is 23.5 Å². The lowest BCUT2D eigenvalue weighted by Gasteiger charge is -2.12. The van der Waals surface area contributed by atoms with Crippen molar-refractivity contribution in [3.05, 3.63) is 69.8 Å². The maximum absolute atomic E-state index is 13.7. The zero-order chi connectivity index (χ0) is 15.7. The molecule has 0 saturated carbocycles. The van der Waals surface area contributed by atoms with Crippen LogP contribution in [-0.2, 0) is 0 Å². The first kappa shape index (κ1) is 14.8. The van der Waals surface area contributed by atoms with Crippen molar-refractivity contribution in [3.8, 4) is 0 Å². The van der Waals surface area contributed by atoms with Gasteiger partial charge in [-0.05, 0) is 43.2 Å². The Morgan fingerprint density at radius 1 is 0.952 bits per heavy atom. The molecule has 0 bridgehead atoms. The molecule has 108 valence electrons. The van der Waals surface area contributed by atoms with Crippen molar-refractivity contribution >= 4 is 11.8 Å². The number of aryl methyl sites for hydroxylation is 2. The average Bonchev–Trinajstić information content (AvgIpc) is 2.42. The molecule has 0 aliphatic heterocycles. The number of hydrogen-bond donors (Lipinski definition) is 1. The third kappa shape index (κ3) is 2.67. The van der Waals surface area contributed by atoms with Gasteiger partial charge in [-0.2, -0.15) is 0 Å². The van der Waals surface area contributed by atoms with Gasteiger partial charge in [0.05, 0.1) is 11.1 Å². The second kappa shape index (κ2) is 5.44. The number of carboxylic acid groups (broad SMARTS) is 1. The van der Waals surface area contributed by atoms with Crippen LogP contribution in [-0.4, -0.2) is 16.9 Å². The summed E-state index contributed by atoms with van der Waals surface area (Å²) in [5, 5.41) is 9.27. The summed E-state index contributed by atoms with van der Waals surface area (Å²) in [6.45, 7) is 3.10. The Morgan fingerprint density at radius 3 is 2.10 bits per heavy atom. The number of rotatable bonds is 3. The highest BCUT2D eigenvalue weighted by molar-refractivity contribution is 6.15. The monoisotopic (exact) mass is 290 g/mol. The summed E-state index contributed by atoms with van der Waals surface area (Å²) in [6, 6.07) is 5.65. The summed E-state index contributed by atoms with van der Waals surface area (Å²) in [4.78, 5) is 23.8. The quantitative estimate of drug-likeness (QED) is 0.880. The van der Waals surface area contributed by atoms with E-state index in [-0.39, 0.29) is 11.1 Å². The SMILES string of the molecule is Cc1ccc(C)c(C(=O)c2cc(F)ccc2F)c1C(=O)O. The van der Waals surface area contributed by atoms with Crippen LogP contribution in [0.3, 0.4) is 0 Å². The summed E-state index contributed by atoms with van der Waals surface area (Å²) in [5.74, 6) is -3.78. The molecule has 0 amide bonds. The Labute approximate surface area is 119 Å². The maximum Gasteiger partial charge on any atom is 0.336 e. The summed E-state index contributed by atoms with van der Waals surface area (Å²) in [6.07, 6.45) is 0. The highest BCUT2D eigenvalue weighted by atomic mass is 19.1. The molecule has 0 spiro atoms. The van der Waals surface area contributed by atoms with Crippen molar-refractivity contribution < 1.29 is 23.5 Å². The number of hydrogen-bond acceptors (Lipinski definition) is 2. The fraction of sp³-hybridized carbons (Fsp3) is 0.125. The first-order chi connectivity index (χ1) is 9.82. The first-order valence-corrected chi connectivity index (χ1v) is 6.16. The van der Waals surface area contributed by atoms with E-state index in [1.165, 1.54) is 0 Å². The molecule has 0 aliphatic rings. The molecule has 21 heavy (non-hydrogen) atoms. The Morgan fingerprint density at radius 2 is 1.52 bits per heavy atom. The van der Waals surface area contributed by atoms with Crippen LogP contribution in [0.25, 0.3) is 0 Å². The molecule has 0 heterocycles. The van der Waals surface area contributed by atoms with Crippen LogP contribution in [0.4, 0.5) is 8.78 Å². The first-order valence-electron chi connectivity index (χ1n) is 6.16. The minimum atomic E-state index is -1.28. The summed E-state index contributed by atoms with van der Waals surface area (Å²) in [5.41, 5.74) is -0.0122. The van der Waals surface area contributed by atoms with E-state index in [1.54, 1.807) is 26.0 Å². The molecule has 0 aliphatic carbocycles. The summed E-state index contributed by atoms with van der Waals surface area (Å²) < 4.78 is 27.0. The second-order valence-electron chi connectivity index (χ2n) is 4.71. The Bertz CT molecular complexity index is 751. The van der Waals surface area contributed by atoms with Gasteiger partial charge in [-0.1, -0.05) is 12.1 Å². The highest BCUT2D eigenvalue weighted by Crippen LogP contribution is 2.24. The van der Waals surface area contributed by atoms with Crippen molar-refractivity contribution in [2.45, 2.75) is 13.8 Å². The largest absolute Gasteiger partial charge is 0.478 e. The van der Waals surface area contributed by atoms with E-state index in [1.807, 2.05) is 0 Å². The molecule has 3 nitrogen and oxygen atoms in total. The minimum Gasteiger partial charge on any atom is -0.478 e. The van der Waals surface area contributed by atoms with Gasteiger partial charge in [-0.3, -0.25) is 4.79 Å². The highest BCUT2D eigenvalue weighted by Gasteiger charge is 2.24. The zero-order valence-electron chi connectivity index (χ0n) is 11.4. The van der Waals surface area contributed by atoms with Crippen LogP contribution in [0.5, 0.6) is 0 Å². The molecule has 1 N–H and O–H groups in total. The minimum absolute atomic E-state index is 0.119. The van der Waals surface area contributed by atoms with Crippen LogP contribution in [0.15, 0.2) is 30.3 Å². The average molecular weight is 290 g/mol. The number of benzene rings is 2. The van der Waals surface area contributed by atoms with Gasteiger partial charge in [0, 0.05) is 5.56 Å². The van der Waals surface area contributed by atoms with E-state index < -0.39 is 29.0 Å². The van der Waals surface area contributed by atoms with Crippen molar-refractivity contribution in [2.75, 3.05) is 0 Å². The fourth-order valence-corrected chi connectivity index (χ4v) is 2.19. The Hall–Kier alpha value is -2.56. The van der Waals surface area contributed by atoms with E-state index in [0.717, 1.165) is 18.2 Å². The van der Waals surface area contributed by atoms with Gasteiger partial charge >= 0.3 is 5.97 Å². The number of carbonyl (C=O) groups is 2. The molecule has 0 fully saturated rings. The molecular weight excluding hydrogens is 278 g/mol. The Balaban J connectivity index is 2.72. The molecular formula is C16H12F2O3. The number of ketones is 1. The predicted molar refractivity (Wildman–Crippen MR) is 72.7 cm³/mol. The second-order valence-corrected chi connectivity index (χ2v) is 4.71. The standard InChI is InChI=1S/C16H12F2O3/c1-8-3-4-9(2)14(16(20)21)13(8)15(19)11-7-10(17)5-6-12(11)18/h3-7H,1-2H3,(H,20,21). The van der Waals surface area contributed by atoms with Gasteiger partial charge in [-0.15, -0.1) is 0 Å². The van der Waals surface area contributed by atoms with Gasteiger partial charge in [0.25, 0.3) is 0 Å². The third-order valence-electron chi connectivity index (χ3n) is 3.24. The van der Waals surface area contributed by atoms with Crippen LogP contribution in [0.1, 0.15) is 37.4 Å². The fourth-order valence-electron chi connectivity index (χ4n) is 2.19. The lowest BCUT2D eigenvalue weighted by Crippen LogP contribution is -2.15. The van der Waals surface area contributed by atoms with Crippen molar-refractivity contribution in [2.24, 2.45) is 0 Å². The topological polar surface area (TPSA) is 54.4 Å². The lowest BCUT2D eigenvalue weighted by molar-refractivity contribution is 0.0691. The van der Waals surface area contributed by atoms with Crippen LogP contribution in [0, 0.1) is 25.5 Å². The van der Waals surface area contributed by atoms with Crippen molar-refractivity contribution in [1.82, 2.24) is 0 Å². The molecule has 0 aromatic heterocycles. The molecule has 2 aromatic carbocycles. The smallest absolute Gasteiger partial charge is 0.336 e. The number of carboxylic acids is 1. The molecule has 2 aromatic rings. The third-order valence-corrected chi connectivity index (χ3v) is 3.24. The van der Waals surface area contributed by atoms with Gasteiger partial charge < -0.3 is 5.11 Å². The van der Waals surface area contributed by atoms with Crippen LogP contribution >= 0.6 is 0 Å². The number of carbonyl (C=O) groups excluding carboxylic acids is 1. The van der Waals surface area contributed by atoms with Gasteiger partial charge in [0.15, 0.2) is 5.78 Å². The Kier molecular flexibility index (Phi) is 3.84. The molecule has 0 unspecified atom stereocenters. The molecule has 2 rings (SSSR count). The van der Waals surface area contributed by atoms with Gasteiger partial charge in [-0.25, -0.2) is 13.6 Å². The maximum atomic E-state index is 13.7. The molecule has 0 radical (unpaired) electrons. The molecule has 5 heteroatoms. The van der Waals surface area contributed by atoms with E-state index in [0.29, 0.717) is 11.1 Å². The van der Waals surface area contributed by atoms with Crippen LogP contribution in [0.2, 0.25) is 0 Å². The predicted octanol–water partition coefficient (Wildman–Crippen LogP) is 3.51. The van der Waals surface area contributed by atoms with E-state index in [4.69, 9.17) is 0 Å². The van der Waals surface area contributed by atoms with Gasteiger partial charge in [0.1, 0.15) is 11.6 Å². The van der Waals surface area contributed by atoms with Crippen molar-refractivity contribution in [1.29, 1.82) is 0 Å². The summed E-state index contributed by atoms with van der Waals surface area (Å²) in [7, 11) is 0. The molecule has 0 atom stereocenters. The van der Waals surface area contributed by atoms with Crippen LogP contribution < -0.4 is 0 Å². The zero-order valence-corrected chi connectivity index (χ0v) is 11.4. The number of halogens is 2.